The van der Waals surface area contributed by atoms with E-state index in [9.17, 15) is 8.42 Å². The van der Waals surface area contributed by atoms with Crippen molar-refractivity contribution in [3.05, 3.63) is 18.3 Å². The summed E-state index contributed by atoms with van der Waals surface area (Å²) in [5.41, 5.74) is 5.80. The molecule has 1 fully saturated rings. The third kappa shape index (κ3) is 2.80. The zero-order chi connectivity index (χ0) is 13.2. The van der Waals surface area contributed by atoms with Crippen LogP contribution in [-0.2, 0) is 10.0 Å². The van der Waals surface area contributed by atoms with E-state index in [4.69, 9.17) is 5.73 Å². The Kier molecular flexibility index (Phi) is 3.84. The molecule has 2 rings (SSSR count). The van der Waals surface area contributed by atoms with E-state index in [1.807, 2.05) is 7.05 Å². The molecule has 0 aliphatic carbocycles. The van der Waals surface area contributed by atoms with Crippen molar-refractivity contribution >= 4 is 15.7 Å². The molecular weight excluding hydrogens is 252 g/mol. The maximum atomic E-state index is 12.0. The van der Waals surface area contributed by atoms with Crippen LogP contribution < -0.4 is 10.5 Å². The molecule has 1 unspecified atom stereocenters. The lowest BCUT2D eigenvalue weighted by molar-refractivity contribution is 0.310. The van der Waals surface area contributed by atoms with Gasteiger partial charge in [-0.1, -0.05) is 0 Å². The second-order valence-corrected chi connectivity index (χ2v) is 6.21. The molecule has 0 saturated carbocycles. The second-order valence-electron chi connectivity index (χ2n) is 4.53. The first-order valence-electron chi connectivity index (χ1n) is 5.91. The molecule has 0 amide bonds. The number of nitrogen functional groups attached to an aromatic ring is 1. The van der Waals surface area contributed by atoms with Crippen LogP contribution in [0.5, 0.6) is 0 Å². The number of rotatable bonds is 4. The predicted octanol–water partition coefficient (Wildman–Crippen LogP) is 0.0363. The van der Waals surface area contributed by atoms with Gasteiger partial charge in [0.05, 0.1) is 5.69 Å². The molecule has 7 heteroatoms. The summed E-state index contributed by atoms with van der Waals surface area (Å²) in [6.07, 6.45) is 3.54. The molecule has 0 spiro atoms. The topological polar surface area (TPSA) is 88.3 Å². The van der Waals surface area contributed by atoms with E-state index in [0.29, 0.717) is 6.54 Å². The molecule has 0 radical (unpaired) electrons. The molecule has 1 aliphatic rings. The maximum absolute atomic E-state index is 12.0. The monoisotopic (exact) mass is 270 g/mol. The molecule has 1 aliphatic heterocycles. The summed E-state index contributed by atoms with van der Waals surface area (Å²) in [4.78, 5) is 5.98. The number of sulfonamides is 1. The van der Waals surface area contributed by atoms with Crippen molar-refractivity contribution in [2.45, 2.75) is 23.9 Å². The summed E-state index contributed by atoms with van der Waals surface area (Å²) < 4.78 is 26.7. The van der Waals surface area contributed by atoms with Crippen molar-refractivity contribution in [3.63, 3.8) is 0 Å². The first-order chi connectivity index (χ1) is 8.50. The summed E-state index contributed by atoms with van der Waals surface area (Å²) in [6.45, 7) is 1.41. The van der Waals surface area contributed by atoms with Crippen molar-refractivity contribution in [3.8, 4) is 0 Å². The fraction of sp³-hybridized carbons (Fsp3) is 0.545. The van der Waals surface area contributed by atoms with Crippen LogP contribution in [0.1, 0.15) is 12.8 Å². The van der Waals surface area contributed by atoms with Crippen LogP contribution in [0.3, 0.4) is 0 Å². The highest BCUT2D eigenvalue weighted by atomic mass is 32.2. The van der Waals surface area contributed by atoms with Crippen LogP contribution >= 0.6 is 0 Å². The fourth-order valence-corrected chi connectivity index (χ4v) is 3.27. The Morgan fingerprint density at radius 3 is 3.00 bits per heavy atom. The van der Waals surface area contributed by atoms with Gasteiger partial charge in [-0.05, 0) is 38.6 Å². The lowest BCUT2D eigenvalue weighted by atomic mass is 10.2. The van der Waals surface area contributed by atoms with Crippen molar-refractivity contribution < 1.29 is 8.42 Å². The number of hydrogen-bond acceptors (Lipinski definition) is 5. The average Bonchev–Trinajstić information content (AvgIpc) is 2.73. The lowest BCUT2D eigenvalue weighted by Crippen LogP contribution is -2.38. The second kappa shape index (κ2) is 5.21. The Labute approximate surface area is 107 Å². The van der Waals surface area contributed by atoms with Gasteiger partial charge in [0.1, 0.15) is 0 Å². The normalized spacial score (nSPS) is 21.3. The molecule has 1 aromatic heterocycles. The predicted molar refractivity (Wildman–Crippen MR) is 69.5 cm³/mol. The standard InChI is InChI=1S/C11H18N4O2S/c1-15-7-3-4-9(15)8-14-18(16,17)11-10(12)5-2-6-13-11/h2,5-6,9,14H,3-4,7-8,12H2,1H3. The van der Waals surface area contributed by atoms with Crippen molar-refractivity contribution in [2.24, 2.45) is 0 Å². The highest BCUT2D eigenvalue weighted by molar-refractivity contribution is 7.89. The summed E-state index contributed by atoms with van der Waals surface area (Å²) in [7, 11) is -1.61. The van der Waals surface area contributed by atoms with Gasteiger partial charge in [0, 0.05) is 18.8 Å². The number of aromatic nitrogens is 1. The molecule has 1 atom stereocenters. The third-order valence-corrected chi connectivity index (χ3v) is 4.63. The quantitative estimate of drug-likeness (QED) is 0.806. The van der Waals surface area contributed by atoms with E-state index in [1.165, 1.54) is 12.3 Å². The molecule has 1 aromatic rings. The smallest absolute Gasteiger partial charge is 0.260 e. The van der Waals surface area contributed by atoms with E-state index in [2.05, 4.69) is 14.6 Å². The Morgan fingerprint density at radius 2 is 2.39 bits per heavy atom. The van der Waals surface area contributed by atoms with Gasteiger partial charge in [0.15, 0.2) is 5.03 Å². The molecule has 18 heavy (non-hydrogen) atoms. The summed E-state index contributed by atoms with van der Waals surface area (Å²) in [5.74, 6) is 0. The fourth-order valence-electron chi connectivity index (χ4n) is 2.14. The Bertz CT molecular complexity index is 518. The summed E-state index contributed by atoms with van der Waals surface area (Å²) >= 11 is 0. The third-order valence-electron chi connectivity index (χ3n) is 3.24. The van der Waals surface area contributed by atoms with Gasteiger partial charge in [0.2, 0.25) is 0 Å². The van der Waals surface area contributed by atoms with Crippen molar-refractivity contribution in [1.29, 1.82) is 0 Å². The number of hydrogen-bond donors (Lipinski definition) is 2. The van der Waals surface area contributed by atoms with E-state index in [0.717, 1.165) is 19.4 Å². The van der Waals surface area contributed by atoms with Crippen molar-refractivity contribution in [2.75, 3.05) is 25.9 Å². The SMILES string of the molecule is CN1CCCC1CNS(=O)(=O)c1ncccc1N. The lowest BCUT2D eigenvalue weighted by Gasteiger charge is -2.19. The van der Waals surface area contributed by atoms with E-state index in [1.54, 1.807) is 6.07 Å². The first kappa shape index (κ1) is 13.3. The Morgan fingerprint density at radius 1 is 1.61 bits per heavy atom. The number of anilines is 1. The zero-order valence-corrected chi connectivity index (χ0v) is 11.2. The molecule has 1 saturated heterocycles. The first-order valence-corrected chi connectivity index (χ1v) is 7.39. The number of nitrogens with one attached hydrogen (secondary N) is 1. The van der Waals surface area contributed by atoms with Crippen LogP contribution in [0.4, 0.5) is 5.69 Å². The van der Waals surface area contributed by atoms with Crippen LogP contribution in [0, 0.1) is 0 Å². The van der Waals surface area contributed by atoms with Crippen LogP contribution in [0.15, 0.2) is 23.4 Å². The van der Waals surface area contributed by atoms with Crippen LogP contribution in [0.2, 0.25) is 0 Å². The van der Waals surface area contributed by atoms with Gasteiger partial charge in [0.25, 0.3) is 10.0 Å². The Hall–Kier alpha value is -1.18. The van der Waals surface area contributed by atoms with Crippen LogP contribution in [-0.4, -0.2) is 44.5 Å². The van der Waals surface area contributed by atoms with Gasteiger partial charge in [-0.3, -0.25) is 0 Å². The minimum Gasteiger partial charge on any atom is -0.396 e. The van der Waals surface area contributed by atoms with E-state index < -0.39 is 10.0 Å². The van der Waals surface area contributed by atoms with E-state index in [-0.39, 0.29) is 16.8 Å². The minimum absolute atomic E-state index is 0.0920. The highest BCUT2D eigenvalue weighted by Crippen LogP contribution is 2.16. The number of nitrogens with two attached hydrogens (primary N) is 1. The number of likely N-dealkylation sites (N-methyl/N-ethyl adjacent to an activating group) is 1. The van der Waals surface area contributed by atoms with Gasteiger partial charge >= 0.3 is 0 Å². The molecular formula is C11H18N4O2S. The van der Waals surface area contributed by atoms with Gasteiger partial charge in [-0.15, -0.1) is 0 Å². The molecule has 3 N–H and O–H groups in total. The highest BCUT2D eigenvalue weighted by Gasteiger charge is 2.24. The van der Waals surface area contributed by atoms with Crippen molar-refractivity contribution in [1.82, 2.24) is 14.6 Å². The van der Waals surface area contributed by atoms with Gasteiger partial charge in [-0.25, -0.2) is 18.1 Å². The molecule has 2 heterocycles. The summed E-state index contributed by atoms with van der Waals surface area (Å²) in [6, 6.07) is 3.40. The number of pyridine rings is 1. The minimum atomic E-state index is -3.61. The largest absolute Gasteiger partial charge is 0.396 e. The van der Waals surface area contributed by atoms with Gasteiger partial charge in [-0.2, -0.15) is 0 Å². The summed E-state index contributed by atoms with van der Waals surface area (Å²) in [5, 5.41) is -0.0920. The maximum Gasteiger partial charge on any atom is 0.260 e. The zero-order valence-electron chi connectivity index (χ0n) is 10.3. The molecule has 100 valence electrons. The molecule has 0 bridgehead atoms. The van der Waals surface area contributed by atoms with E-state index >= 15 is 0 Å². The Balaban J connectivity index is 2.06. The molecule has 6 nitrogen and oxygen atoms in total. The van der Waals surface area contributed by atoms with Crippen LogP contribution in [0.25, 0.3) is 0 Å². The number of likely N-dealkylation sites (tertiary alicyclic amines) is 1. The number of nitrogens with zero attached hydrogens (tertiary/aromatic N) is 2. The average molecular weight is 270 g/mol. The van der Waals surface area contributed by atoms with Gasteiger partial charge < -0.3 is 10.6 Å². The molecule has 0 aromatic carbocycles.